The van der Waals surface area contributed by atoms with Gasteiger partial charge in [0, 0.05) is 18.2 Å². The largest absolute Gasteiger partial charge is 0.491 e. The van der Waals surface area contributed by atoms with Gasteiger partial charge in [0.15, 0.2) is 0 Å². The second kappa shape index (κ2) is 5.59. The number of aliphatic hydroxyl groups is 1. The zero-order valence-corrected chi connectivity index (χ0v) is 12.3. The molecule has 0 bridgehead atoms. The van der Waals surface area contributed by atoms with Crippen LogP contribution in [0.15, 0.2) is 24.3 Å². The Morgan fingerprint density at radius 1 is 1.10 bits per heavy atom. The highest BCUT2D eigenvalue weighted by Gasteiger charge is 2.42. The van der Waals surface area contributed by atoms with Gasteiger partial charge in [-0.25, -0.2) is 0 Å². The molecule has 21 heavy (non-hydrogen) atoms. The maximum absolute atomic E-state index is 10.8. The van der Waals surface area contributed by atoms with E-state index in [1.165, 1.54) is 19.3 Å². The van der Waals surface area contributed by atoms with Gasteiger partial charge in [-0.15, -0.1) is 0 Å². The van der Waals surface area contributed by atoms with Gasteiger partial charge < -0.3 is 14.6 Å². The van der Waals surface area contributed by atoms with E-state index in [0.717, 1.165) is 30.9 Å². The van der Waals surface area contributed by atoms with Crippen LogP contribution >= 0.6 is 0 Å². The van der Waals surface area contributed by atoms with Crippen molar-refractivity contribution in [2.45, 2.75) is 50.0 Å². The lowest BCUT2D eigenvalue weighted by Crippen LogP contribution is -2.59. The Kier molecular flexibility index (Phi) is 3.61. The summed E-state index contributed by atoms with van der Waals surface area (Å²) >= 11 is 0. The van der Waals surface area contributed by atoms with E-state index in [0.29, 0.717) is 18.8 Å². The minimum absolute atomic E-state index is 0.0504. The SMILES string of the molecule is OC1c2ccccc2OCC1N1CCOC2CCCCC21. The molecule has 2 fully saturated rings. The minimum Gasteiger partial charge on any atom is -0.491 e. The molecular formula is C17H23NO3. The first kappa shape index (κ1) is 13.6. The van der Waals surface area contributed by atoms with E-state index in [2.05, 4.69) is 4.90 Å². The van der Waals surface area contributed by atoms with Gasteiger partial charge >= 0.3 is 0 Å². The van der Waals surface area contributed by atoms with E-state index >= 15 is 0 Å². The number of rotatable bonds is 1. The first-order chi connectivity index (χ1) is 10.3. The first-order valence-electron chi connectivity index (χ1n) is 8.12. The molecule has 4 nitrogen and oxygen atoms in total. The van der Waals surface area contributed by atoms with E-state index in [1.807, 2.05) is 24.3 Å². The van der Waals surface area contributed by atoms with E-state index in [1.54, 1.807) is 0 Å². The lowest BCUT2D eigenvalue weighted by Gasteiger charge is -2.49. The average Bonchev–Trinajstić information content (AvgIpc) is 2.55. The molecule has 2 heterocycles. The highest BCUT2D eigenvalue weighted by Crippen LogP contribution is 2.38. The van der Waals surface area contributed by atoms with Crippen molar-refractivity contribution in [3.8, 4) is 5.75 Å². The monoisotopic (exact) mass is 289 g/mol. The lowest BCUT2D eigenvalue weighted by atomic mass is 9.87. The number of benzene rings is 1. The molecule has 0 spiro atoms. The Bertz CT molecular complexity index is 505. The molecule has 0 aromatic heterocycles. The van der Waals surface area contributed by atoms with Gasteiger partial charge in [0.2, 0.25) is 0 Å². The van der Waals surface area contributed by atoms with Crippen LogP contribution in [-0.4, -0.2) is 48.0 Å². The molecule has 0 amide bonds. The van der Waals surface area contributed by atoms with Gasteiger partial charge in [0.1, 0.15) is 18.5 Å². The summed E-state index contributed by atoms with van der Waals surface area (Å²) in [6.45, 7) is 2.24. The van der Waals surface area contributed by atoms with Crippen LogP contribution in [0.4, 0.5) is 0 Å². The second-order valence-corrected chi connectivity index (χ2v) is 6.36. The van der Waals surface area contributed by atoms with Gasteiger partial charge in [-0.05, 0) is 18.9 Å². The van der Waals surface area contributed by atoms with Crippen LogP contribution < -0.4 is 4.74 Å². The summed E-state index contributed by atoms with van der Waals surface area (Å²) in [6, 6.07) is 8.34. The maximum atomic E-state index is 10.8. The van der Waals surface area contributed by atoms with Crippen LogP contribution in [0.25, 0.3) is 0 Å². The summed E-state index contributed by atoms with van der Waals surface area (Å²) in [4.78, 5) is 2.45. The minimum atomic E-state index is -0.462. The molecular weight excluding hydrogens is 266 g/mol. The van der Waals surface area contributed by atoms with Crippen molar-refractivity contribution in [1.82, 2.24) is 4.90 Å². The highest BCUT2D eigenvalue weighted by atomic mass is 16.5. The summed E-state index contributed by atoms with van der Waals surface area (Å²) in [6.07, 6.45) is 4.74. The summed E-state index contributed by atoms with van der Waals surface area (Å²) in [5, 5.41) is 10.8. The molecule has 3 aliphatic rings. The van der Waals surface area contributed by atoms with Crippen LogP contribution in [0.5, 0.6) is 5.75 Å². The number of hydrogen-bond acceptors (Lipinski definition) is 4. The molecule has 1 aromatic rings. The molecule has 2 aliphatic heterocycles. The fourth-order valence-corrected chi connectivity index (χ4v) is 4.15. The van der Waals surface area contributed by atoms with Crippen molar-refractivity contribution in [3.05, 3.63) is 29.8 Å². The topological polar surface area (TPSA) is 41.9 Å². The Morgan fingerprint density at radius 3 is 2.90 bits per heavy atom. The Balaban J connectivity index is 1.58. The van der Waals surface area contributed by atoms with Gasteiger partial charge in [0.25, 0.3) is 0 Å². The van der Waals surface area contributed by atoms with Crippen LogP contribution in [-0.2, 0) is 4.74 Å². The maximum Gasteiger partial charge on any atom is 0.125 e. The molecule has 1 aliphatic carbocycles. The normalized spacial score (nSPS) is 36.4. The fourth-order valence-electron chi connectivity index (χ4n) is 4.15. The highest BCUT2D eigenvalue weighted by molar-refractivity contribution is 5.37. The van der Waals surface area contributed by atoms with Crippen molar-refractivity contribution in [1.29, 1.82) is 0 Å². The van der Waals surface area contributed by atoms with E-state index < -0.39 is 6.10 Å². The molecule has 1 saturated heterocycles. The molecule has 1 N–H and O–H groups in total. The van der Waals surface area contributed by atoms with Crippen LogP contribution in [0.2, 0.25) is 0 Å². The summed E-state index contributed by atoms with van der Waals surface area (Å²) in [5.74, 6) is 0.828. The quantitative estimate of drug-likeness (QED) is 0.860. The summed E-state index contributed by atoms with van der Waals surface area (Å²) < 4.78 is 11.8. The predicted molar refractivity (Wildman–Crippen MR) is 79.4 cm³/mol. The molecule has 114 valence electrons. The molecule has 1 saturated carbocycles. The number of aliphatic hydroxyl groups excluding tert-OH is 1. The number of nitrogens with zero attached hydrogens (tertiary/aromatic N) is 1. The standard InChI is InChI=1S/C17H23NO3/c19-17-12-5-1-3-7-15(12)21-11-14(17)18-9-10-20-16-8-4-2-6-13(16)18/h1,3,5,7,13-14,16-17,19H,2,4,6,8-11H2. The zero-order valence-electron chi connectivity index (χ0n) is 12.3. The van der Waals surface area contributed by atoms with E-state index in [4.69, 9.17) is 9.47 Å². The van der Waals surface area contributed by atoms with Crippen molar-refractivity contribution in [2.75, 3.05) is 19.8 Å². The average molecular weight is 289 g/mol. The van der Waals surface area contributed by atoms with Gasteiger partial charge in [0.05, 0.1) is 18.8 Å². The number of fused-ring (bicyclic) bond motifs is 2. The van der Waals surface area contributed by atoms with Crippen molar-refractivity contribution in [3.63, 3.8) is 0 Å². The number of morpholine rings is 1. The van der Waals surface area contributed by atoms with Crippen molar-refractivity contribution < 1.29 is 14.6 Å². The van der Waals surface area contributed by atoms with Crippen molar-refractivity contribution >= 4 is 0 Å². The molecule has 4 rings (SSSR count). The Hall–Kier alpha value is -1.10. The summed E-state index contributed by atoms with van der Waals surface area (Å²) in [7, 11) is 0. The number of para-hydroxylation sites is 1. The smallest absolute Gasteiger partial charge is 0.125 e. The fraction of sp³-hybridized carbons (Fsp3) is 0.647. The molecule has 4 atom stereocenters. The summed E-state index contributed by atoms with van der Waals surface area (Å²) in [5.41, 5.74) is 0.924. The third-order valence-corrected chi connectivity index (χ3v) is 5.21. The Labute approximate surface area is 125 Å². The van der Waals surface area contributed by atoms with E-state index in [9.17, 15) is 5.11 Å². The van der Waals surface area contributed by atoms with Crippen LogP contribution in [0.1, 0.15) is 37.4 Å². The molecule has 1 aromatic carbocycles. The third kappa shape index (κ3) is 2.35. The van der Waals surface area contributed by atoms with Crippen LogP contribution in [0.3, 0.4) is 0 Å². The predicted octanol–water partition coefficient (Wildman–Crippen LogP) is 2.12. The van der Waals surface area contributed by atoms with Gasteiger partial charge in [-0.3, -0.25) is 4.90 Å². The van der Waals surface area contributed by atoms with Gasteiger partial charge in [-0.2, -0.15) is 0 Å². The first-order valence-corrected chi connectivity index (χ1v) is 8.12. The van der Waals surface area contributed by atoms with Gasteiger partial charge in [-0.1, -0.05) is 31.0 Å². The van der Waals surface area contributed by atoms with Crippen molar-refractivity contribution in [2.24, 2.45) is 0 Å². The third-order valence-electron chi connectivity index (χ3n) is 5.21. The Morgan fingerprint density at radius 2 is 1.95 bits per heavy atom. The number of ether oxygens (including phenoxy) is 2. The zero-order chi connectivity index (χ0) is 14.2. The molecule has 0 radical (unpaired) electrons. The number of hydrogen-bond donors (Lipinski definition) is 1. The lowest BCUT2D eigenvalue weighted by molar-refractivity contribution is -0.128. The second-order valence-electron chi connectivity index (χ2n) is 6.36. The molecule has 4 unspecified atom stereocenters. The molecule has 4 heteroatoms. The van der Waals surface area contributed by atoms with E-state index in [-0.39, 0.29) is 6.04 Å². The van der Waals surface area contributed by atoms with Crippen LogP contribution in [0, 0.1) is 0 Å².